The third kappa shape index (κ3) is 3.27. The highest BCUT2D eigenvalue weighted by molar-refractivity contribution is 5.96. The number of carbonyl (C=O) groups excluding carboxylic acids is 1. The first-order valence-corrected chi connectivity index (χ1v) is 7.60. The average Bonchev–Trinajstić information content (AvgIpc) is 3.16. The molecule has 0 unspecified atom stereocenters. The molecule has 122 valence electrons. The quantitative estimate of drug-likeness (QED) is 0.723. The van der Waals surface area contributed by atoms with Gasteiger partial charge in [0.25, 0.3) is 5.91 Å². The fourth-order valence-corrected chi connectivity index (χ4v) is 2.37. The second-order valence-corrected chi connectivity index (χ2v) is 5.33. The monoisotopic (exact) mass is 322 g/mol. The van der Waals surface area contributed by atoms with Crippen LogP contribution >= 0.6 is 0 Å². The lowest BCUT2D eigenvalue weighted by molar-refractivity contribution is -0.121. The number of carbonyl (C=O) groups is 1. The Morgan fingerprint density at radius 3 is 2.54 bits per heavy atom. The number of para-hydroxylation sites is 3. The molecule has 1 heterocycles. The van der Waals surface area contributed by atoms with E-state index in [4.69, 9.17) is 4.74 Å². The molecule has 3 rings (SSSR count). The van der Waals surface area contributed by atoms with Crippen LogP contribution in [0.5, 0.6) is 11.5 Å². The van der Waals surface area contributed by atoms with E-state index >= 15 is 0 Å². The first kappa shape index (κ1) is 15.7. The van der Waals surface area contributed by atoms with Gasteiger partial charge in [0.15, 0.2) is 5.75 Å². The van der Waals surface area contributed by atoms with Gasteiger partial charge in [-0.15, -0.1) is 0 Å². The van der Waals surface area contributed by atoms with E-state index in [1.54, 1.807) is 18.9 Å². The molecule has 1 aromatic heterocycles. The molecule has 0 fully saturated rings. The first-order valence-electron chi connectivity index (χ1n) is 7.60. The molecule has 0 aliphatic rings. The molecule has 1 amide bonds. The summed E-state index contributed by atoms with van der Waals surface area (Å²) in [4.78, 5) is 18.2. The van der Waals surface area contributed by atoms with Crippen molar-refractivity contribution in [3.63, 3.8) is 0 Å². The SMILES string of the molecule is C[C@@H](C(=O)N(C)c1ccccc1Oc1ccccc1)n1cncn1. The van der Waals surface area contributed by atoms with Crippen LogP contribution in [0.3, 0.4) is 0 Å². The lowest BCUT2D eigenvalue weighted by Gasteiger charge is -2.23. The number of benzene rings is 2. The van der Waals surface area contributed by atoms with Crippen LogP contribution in [-0.4, -0.2) is 27.7 Å². The number of likely N-dealkylation sites (N-methyl/N-ethyl adjacent to an activating group) is 1. The van der Waals surface area contributed by atoms with E-state index in [0.717, 1.165) is 5.75 Å². The lowest BCUT2D eigenvalue weighted by atomic mass is 10.2. The van der Waals surface area contributed by atoms with Crippen molar-refractivity contribution in [3.8, 4) is 11.5 Å². The predicted molar refractivity (Wildman–Crippen MR) is 91.1 cm³/mol. The summed E-state index contributed by atoms with van der Waals surface area (Å²) < 4.78 is 7.45. The number of nitrogens with zero attached hydrogens (tertiary/aromatic N) is 4. The Labute approximate surface area is 140 Å². The van der Waals surface area contributed by atoms with Crippen LogP contribution in [0.25, 0.3) is 0 Å². The molecule has 0 N–H and O–H groups in total. The standard InChI is InChI=1S/C18H18N4O2/c1-14(22-13-19-12-20-22)18(23)21(2)16-10-6-7-11-17(16)24-15-8-4-3-5-9-15/h3-14H,1-2H3/t14-/m0/s1. The summed E-state index contributed by atoms with van der Waals surface area (Å²) in [6, 6.07) is 16.5. The van der Waals surface area contributed by atoms with Gasteiger partial charge in [-0.05, 0) is 31.2 Å². The molecule has 0 bridgehead atoms. The maximum Gasteiger partial charge on any atom is 0.251 e. The molecule has 0 aliphatic carbocycles. The molecule has 0 saturated heterocycles. The van der Waals surface area contributed by atoms with E-state index in [-0.39, 0.29) is 5.91 Å². The minimum Gasteiger partial charge on any atom is -0.455 e. The Hall–Kier alpha value is -3.15. The number of ether oxygens (including phenoxy) is 1. The second-order valence-electron chi connectivity index (χ2n) is 5.33. The van der Waals surface area contributed by atoms with E-state index in [2.05, 4.69) is 10.1 Å². The topological polar surface area (TPSA) is 60.2 Å². The lowest BCUT2D eigenvalue weighted by Crippen LogP contribution is -2.33. The van der Waals surface area contributed by atoms with Crippen LogP contribution in [0.2, 0.25) is 0 Å². The molecule has 2 aromatic carbocycles. The van der Waals surface area contributed by atoms with Gasteiger partial charge in [0.05, 0.1) is 5.69 Å². The fourth-order valence-electron chi connectivity index (χ4n) is 2.37. The van der Waals surface area contributed by atoms with Crippen LogP contribution in [0, 0.1) is 0 Å². The number of anilines is 1. The number of hydrogen-bond donors (Lipinski definition) is 0. The zero-order chi connectivity index (χ0) is 16.9. The maximum absolute atomic E-state index is 12.7. The molecule has 6 nitrogen and oxygen atoms in total. The molecule has 0 saturated carbocycles. The molecule has 1 atom stereocenters. The highest BCUT2D eigenvalue weighted by Crippen LogP contribution is 2.32. The summed E-state index contributed by atoms with van der Waals surface area (Å²) in [6.45, 7) is 1.79. The summed E-state index contributed by atoms with van der Waals surface area (Å²) in [7, 11) is 1.73. The Morgan fingerprint density at radius 2 is 1.83 bits per heavy atom. The van der Waals surface area contributed by atoms with Crippen molar-refractivity contribution in [1.82, 2.24) is 14.8 Å². The van der Waals surface area contributed by atoms with Crippen molar-refractivity contribution in [1.29, 1.82) is 0 Å². The molecule has 0 aliphatic heterocycles. The molecular formula is C18H18N4O2. The van der Waals surface area contributed by atoms with Gasteiger partial charge in [-0.1, -0.05) is 30.3 Å². The molecule has 0 radical (unpaired) electrons. The van der Waals surface area contributed by atoms with Crippen LogP contribution in [0.1, 0.15) is 13.0 Å². The number of rotatable bonds is 5. The van der Waals surface area contributed by atoms with Crippen molar-refractivity contribution < 1.29 is 9.53 Å². The Bertz CT molecular complexity index is 803. The van der Waals surface area contributed by atoms with Gasteiger partial charge in [-0.3, -0.25) is 4.79 Å². The van der Waals surface area contributed by atoms with Gasteiger partial charge in [0, 0.05) is 7.05 Å². The zero-order valence-corrected chi connectivity index (χ0v) is 13.5. The van der Waals surface area contributed by atoms with E-state index in [1.807, 2.05) is 54.6 Å². The van der Waals surface area contributed by atoms with Gasteiger partial charge >= 0.3 is 0 Å². The number of hydrogen-bond acceptors (Lipinski definition) is 4. The van der Waals surface area contributed by atoms with Gasteiger partial charge in [0.2, 0.25) is 0 Å². The van der Waals surface area contributed by atoms with Crippen LogP contribution < -0.4 is 9.64 Å². The summed E-state index contributed by atoms with van der Waals surface area (Å²) >= 11 is 0. The molecule has 24 heavy (non-hydrogen) atoms. The largest absolute Gasteiger partial charge is 0.455 e. The van der Waals surface area contributed by atoms with Crippen LogP contribution in [0.4, 0.5) is 5.69 Å². The summed E-state index contributed by atoms with van der Waals surface area (Å²) in [5.41, 5.74) is 0.693. The molecule has 0 spiro atoms. The number of aromatic nitrogens is 3. The Kier molecular flexibility index (Phi) is 4.56. The highest BCUT2D eigenvalue weighted by Gasteiger charge is 2.23. The first-order chi connectivity index (χ1) is 11.7. The third-order valence-electron chi connectivity index (χ3n) is 3.72. The molecule has 3 aromatic rings. The van der Waals surface area contributed by atoms with Crippen molar-refractivity contribution in [2.45, 2.75) is 13.0 Å². The Balaban J connectivity index is 1.85. The highest BCUT2D eigenvalue weighted by atomic mass is 16.5. The van der Waals surface area contributed by atoms with Crippen molar-refractivity contribution in [2.75, 3.05) is 11.9 Å². The van der Waals surface area contributed by atoms with Gasteiger partial charge in [-0.2, -0.15) is 5.10 Å². The Morgan fingerprint density at radius 1 is 1.12 bits per heavy atom. The van der Waals surface area contributed by atoms with Gasteiger partial charge in [-0.25, -0.2) is 9.67 Å². The molecule has 6 heteroatoms. The van der Waals surface area contributed by atoms with E-state index in [9.17, 15) is 4.79 Å². The normalized spacial score (nSPS) is 11.8. The van der Waals surface area contributed by atoms with E-state index in [0.29, 0.717) is 11.4 Å². The van der Waals surface area contributed by atoms with E-state index in [1.165, 1.54) is 17.3 Å². The summed E-state index contributed by atoms with van der Waals surface area (Å²) in [5, 5.41) is 4.03. The maximum atomic E-state index is 12.7. The number of amides is 1. The molecular weight excluding hydrogens is 304 g/mol. The smallest absolute Gasteiger partial charge is 0.251 e. The minimum atomic E-state index is -0.456. The van der Waals surface area contributed by atoms with Crippen LogP contribution in [0.15, 0.2) is 67.3 Å². The van der Waals surface area contributed by atoms with Crippen molar-refractivity contribution >= 4 is 11.6 Å². The van der Waals surface area contributed by atoms with E-state index < -0.39 is 6.04 Å². The van der Waals surface area contributed by atoms with Gasteiger partial charge < -0.3 is 9.64 Å². The average molecular weight is 322 g/mol. The minimum absolute atomic E-state index is 0.107. The third-order valence-corrected chi connectivity index (χ3v) is 3.72. The zero-order valence-electron chi connectivity index (χ0n) is 13.5. The fraction of sp³-hybridized carbons (Fsp3) is 0.167. The second kappa shape index (κ2) is 6.95. The van der Waals surface area contributed by atoms with Crippen molar-refractivity contribution in [2.24, 2.45) is 0 Å². The van der Waals surface area contributed by atoms with Gasteiger partial charge in [0.1, 0.15) is 24.4 Å². The van der Waals surface area contributed by atoms with Crippen molar-refractivity contribution in [3.05, 3.63) is 67.3 Å². The summed E-state index contributed by atoms with van der Waals surface area (Å²) in [6.07, 6.45) is 2.94. The predicted octanol–water partition coefficient (Wildman–Crippen LogP) is 3.29. The van der Waals surface area contributed by atoms with Crippen LogP contribution in [-0.2, 0) is 4.79 Å². The summed E-state index contributed by atoms with van der Waals surface area (Å²) in [5.74, 6) is 1.23.